The average Bonchev–Trinajstić information content (AvgIpc) is 2.48. The van der Waals surface area contributed by atoms with E-state index in [0.29, 0.717) is 6.04 Å². The van der Waals surface area contributed by atoms with Crippen molar-refractivity contribution in [2.75, 3.05) is 6.54 Å². The van der Waals surface area contributed by atoms with E-state index in [1.165, 1.54) is 25.7 Å². The van der Waals surface area contributed by atoms with Gasteiger partial charge in [0.2, 0.25) is 0 Å². The van der Waals surface area contributed by atoms with Crippen molar-refractivity contribution in [3.63, 3.8) is 0 Å². The average molecular weight is 290 g/mol. The van der Waals surface area contributed by atoms with E-state index in [4.69, 9.17) is 0 Å². The highest BCUT2D eigenvalue weighted by Gasteiger charge is 2.26. The van der Waals surface area contributed by atoms with E-state index in [9.17, 15) is 10.1 Å². The molecular weight excluding hydrogens is 264 g/mol. The van der Waals surface area contributed by atoms with Gasteiger partial charge in [-0.05, 0) is 43.2 Å². The van der Waals surface area contributed by atoms with Crippen LogP contribution < -0.4 is 5.32 Å². The van der Waals surface area contributed by atoms with Crippen molar-refractivity contribution in [2.24, 2.45) is 11.8 Å². The molecule has 1 aliphatic carbocycles. The zero-order valence-electron chi connectivity index (χ0n) is 13.0. The van der Waals surface area contributed by atoms with Crippen LogP contribution in [0.15, 0.2) is 24.3 Å². The molecule has 1 aromatic rings. The van der Waals surface area contributed by atoms with Crippen molar-refractivity contribution in [3.8, 4) is 0 Å². The van der Waals surface area contributed by atoms with E-state index in [1.54, 1.807) is 12.1 Å². The zero-order chi connectivity index (χ0) is 15.2. The van der Waals surface area contributed by atoms with Crippen molar-refractivity contribution in [1.29, 1.82) is 0 Å². The van der Waals surface area contributed by atoms with Crippen molar-refractivity contribution in [3.05, 3.63) is 39.9 Å². The molecule has 116 valence electrons. The Bertz CT molecular complexity index is 456. The molecule has 0 spiro atoms. The van der Waals surface area contributed by atoms with Crippen LogP contribution in [0.3, 0.4) is 0 Å². The first kappa shape index (κ1) is 16.0. The third-order valence-electron chi connectivity index (χ3n) is 4.64. The smallest absolute Gasteiger partial charge is 0.269 e. The summed E-state index contributed by atoms with van der Waals surface area (Å²) in [6.45, 7) is 5.59. The Hall–Kier alpha value is -1.42. The van der Waals surface area contributed by atoms with Gasteiger partial charge in [-0.3, -0.25) is 10.1 Å². The van der Waals surface area contributed by atoms with E-state index < -0.39 is 0 Å². The standard InChI is InChI=1S/C17H26N2O2/c1-13(2)16-5-3-4-6-17(16)18-12-11-14-7-9-15(10-8-14)19(20)21/h7-10,13,16-18H,3-6,11-12H2,1-2H3. The Kier molecular flexibility index (Phi) is 5.74. The van der Waals surface area contributed by atoms with Crippen LogP contribution in [0.1, 0.15) is 45.1 Å². The lowest BCUT2D eigenvalue weighted by molar-refractivity contribution is -0.384. The highest BCUT2D eigenvalue weighted by atomic mass is 16.6. The van der Waals surface area contributed by atoms with E-state index >= 15 is 0 Å². The predicted molar refractivity (Wildman–Crippen MR) is 85.4 cm³/mol. The Morgan fingerprint density at radius 3 is 2.52 bits per heavy atom. The SMILES string of the molecule is CC(C)C1CCCCC1NCCc1ccc([N+](=O)[O-])cc1. The van der Waals surface area contributed by atoms with Gasteiger partial charge in [0.1, 0.15) is 0 Å². The Balaban J connectivity index is 1.81. The van der Waals surface area contributed by atoms with E-state index in [-0.39, 0.29) is 10.6 Å². The van der Waals surface area contributed by atoms with Gasteiger partial charge in [0.05, 0.1) is 4.92 Å². The van der Waals surface area contributed by atoms with Crippen LogP contribution >= 0.6 is 0 Å². The summed E-state index contributed by atoms with van der Waals surface area (Å²) in [5, 5.41) is 14.3. The number of nitrogens with one attached hydrogen (secondary N) is 1. The van der Waals surface area contributed by atoms with Crippen molar-refractivity contribution in [1.82, 2.24) is 5.32 Å². The molecule has 4 heteroatoms. The van der Waals surface area contributed by atoms with Crippen LogP contribution in [-0.2, 0) is 6.42 Å². The first-order valence-electron chi connectivity index (χ1n) is 8.04. The van der Waals surface area contributed by atoms with Gasteiger partial charge in [0.25, 0.3) is 5.69 Å². The van der Waals surface area contributed by atoms with Crippen molar-refractivity contribution in [2.45, 2.75) is 52.0 Å². The third-order valence-corrected chi connectivity index (χ3v) is 4.64. The molecule has 1 aromatic carbocycles. The summed E-state index contributed by atoms with van der Waals surface area (Å²) in [5.41, 5.74) is 1.32. The number of rotatable bonds is 6. The molecule has 2 unspecified atom stereocenters. The maximum absolute atomic E-state index is 10.6. The molecule has 0 aliphatic heterocycles. The van der Waals surface area contributed by atoms with Gasteiger partial charge < -0.3 is 5.32 Å². The maximum atomic E-state index is 10.6. The van der Waals surface area contributed by atoms with E-state index in [1.807, 2.05) is 12.1 Å². The van der Waals surface area contributed by atoms with Gasteiger partial charge >= 0.3 is 0 Å². The molecule has 2 rings (SSSR count). The monoisotopic (exact) mass is 290 g/mol. The summed E-state index contributed by atoms with van der Waals surface area (Å²) in [5.74, 6) is 1.53. The number of hydrogen-bond donors (Lipinski definition) is 1. The Morgan fingerprint density at radius 1 is 1.24 bits per heavy atom. The maximum Gasteiger partial charge on any atom is 0.269 e. The summed E-state index contributed by atoms with van der Waals surface area (Å²) in [4.78, 5) is 10.3. The molecule has 0 aromatic heterocycles. The second kappa shape index (κ2) is 7.55. The fraction of sp³-hybridized carbons (Fsp3) is 0.647. The highest BCUT2D eigenvalue weighted by molar-refractivity contribution is 5.32. The number of benzene rings is 1. The molecule has 21 heavy (non-hydrogen) atoms. The van der Waals surface area contributed by atoms with Gasteiger partial charge in [-0.1, -0.05) is 38.8 Å². The molecule has 2 atom stereocenters. The molecule has 0 heterocycles. The topological polar surface area (TPSA) is 55.2 Å². The normalized spacial score (nSPS) is 22.4. The number of hydrogen-bond acceptors (Lipinski definition) is 3. The lowest BCUT2D eigenvalue weighted by atomic mass is 9.78. The zero-order valence-corrected chi connectivity index (χ0v) is 13.0. The molecule has 0 amide bonds. The minimum atomic E-state index is -0.350. The lowest BCUT2D eigenvalue weighted by Crippen LogP contribution is -2.41. The highest BCUT2D eigenvalue weighted by Crippen LogP contribution is 2.30. The van der Waals surface area contributed by atoms with Crippen molar-refractivity contribution < 1.29 is 4.92 Å². The van der Waals surface area contributed by atoms with Gasteiger partial charge in [0, 0.05) is 18.2 Å². The fourth-order valence-corrected chi connectivity index (χ4v) is 3.40. The van der Waals surface area contributed by atoms with Crippen LogP contribution in [0.25, 0.3) is 0 Å². The largest absolute Gasteiger partial charge is 0.313 e. The van der Waals surface area contributed by atoms with Gasteiger partial charge in [-0.15, -0.1) is 0 Å². The van der Waals surface area contributed by atoms with Gasteiger partial charge in [-0.25, -0.2) is 0 Å². The van der Waals surface area contributed by atoms with E-state index in [0.717, 1.165) is 30.4 Å². The van der Waals surface area contributed by atoms with Crippen LogP contribution in [0, 0.1) is 22.0 Å². The molecule has 1 fully saturated rings. The molecule has 0 saturated heterocycles. The lowest BCUT2D eigenvalue weighted by Gasteiger charge is -2.35. The number of nitrogens with zero attached hydrogens (tertiary/aromatic N) is 1. The quantitative estimate of drug-likeness (QED) is 0.637. The minimum absolute atomic E-state index is 0.166. The van der Waals surface area contributed by atoms with E-state index in [2.05, 4.69) is 19.2 Å². The summed E-state index contributed by atoms with van der Waals surface area (Å²) in [6, 6.07) is 7.54. The number of nitro groups is 1. The Morgan fingerprint density at radius 2 is 1.90 bits per heavy atom. The third kappa shape index (κ3) is 4.53. The minimum Gasteiger partial charge on any atom is -0.313 e. The van der Waals surface area contributed by atoms with Gasteiger partial charge in [-0.2, -0.15) is 0 Å². The first-order valence-corrected chi connectivity index (χ1v) is 8.04. The molecule has 1 saturated carbocycles. The predicted octanol–water partition coefficient (Wildman–Crippen LogP) is 3.94. The molecule has 1 N–H and O–H groups in total. The van der Waals surface area contributed by atoms with Crippen LogP contribution in [0.5, 0.6) is 0 Å². The van der Waals surface area contributed by atoms with Crippen molar-refractivity contribution >= 4 is 5.69 Å². The number of non-ortho nitro benzene ring substituents is 1. The number of nitro benzene ring substituents is 1. The summed E-state index contributed by atoms with van der Waals surface area (Å²) in [7, 11) is 0. The second-order valence-corrected chi connectivity index (χ2v) is 6.43. The summed E-state index contributed by atoms with van der Waals surface area (Å²) < 4.78 is 0. The molecule has 4 nitrogen and oxygen atoms in total. The van der Waals surface area contributed by atoms with Crippen LogP contribution in [0.2, 0.25) is 0 Å². The van der Waals surface area contributed by atoms with Crippen LogP contribution in [0.4, 0.5) is 5.69 Å². The molecule has 0 bridgehead atoms. The second-order valence-electron chi connectivity index (χ2n) is 6.43. The van der Waals surface area contributed by atoms with Crippen LogP contribution in [-0.4, -0.2) is 17.5 Å². The molecule has 1 aliphatic rings. The summed E-state index contributed by atoms with van der Waals surface area (Å²) in [6.07, 6.45) is 6.25. The fourth-order valence-electron chi connectivity index (χ4n) is 3.40. The molecular formula is C17H26N2O2. The van der Waals surface area contributed by atoms with Gasteiger partial charge in [0.15, 0.2) is 0 Å². The summed E-state index contributed by atoms with van der Waals surface area (Å²) >= 11 is 0. The Labute approximate surface area is 127 Å². The first-order chi connectivity index (χ1) is 10.1. The molecule has 0 radical (unpaired) electrons.